The van der Waals surface area contributed by atoms with E-state index in [4.69, 9.17) is 0 Å². The molecule has 0 unspecified atom stereocenters. The first-order valence-corrected chi connectivity index (χ1v) is 12.0. The first-order valence-electron chi connectivity index (χ1n) is 10.8. The highest BCUT2D eigenvalue weighted by Gasteiger charge is 2.28. The first kappa shape index (κ1) is 24.0. The first-order chi connectivity index (χ1) is 14.6. The molecule has 0 aliphatic carbocycles. The van der Waals surface area contributed by atoms with Crippen molar-refractivity contribution in [3.8, 4) is 0 Å². The second-order valence-corrected chi connectivity index (χ2v) is 8.48. The number of hydrogen-bond donors (Lipinski definition) is 1. The number of nitrogens with zero attached hydrogens (tertiary/aromatic N) is 1. The van der Waals surface area contributed by atoms with E-state index in [0.717, 1.165) is 29.7 Å². The molecule has 2 rings (SSSR count). The summed E-state index contributed by atoms with van der Waals surface area (Å²) in [6, 6.07) is 17.8. The molecule has 1 N–H and O–H groups in total. The van der Waals surface area contributed by atoms with Crippen LogP contribution in [0.1, 0.15) is 49.8 Å². The Kier molecular flexibility index (Phi) is 10.5. The molecule has 0 bridgehead atoms. The van der Waals surface area contributed by atoms with Crippen molar-refractivity contribution in [1.82, 2.24) is 10.2 Å². The minimum absolute atomic E-state index is 0.0108. The fraction of sp³-hybridized carbons (Fsp3) is 0.440. The van der Waals surface area contributed by atoms with Crippen molar-refractivity contribution in [2.75, 3.05) is 12.3 Å². The summed E-state index contributed by atoms with van der Waals surface area (Å²) in [4.78, 5) is 27.8. The van der Waals surface area contributed by atoms with Gasteiger partial charge in [0.1, 0.15) is 6.04 Å². The maximum absolute atomic E-state index is 13.2. The Hall–Kier alpha value is -2.27. The van der Waals surface area contributed by atoms with Gasteiger partial charge >= 0.3 is 0 Å². The molecule has 0 aliphatic heterocycles. The zero-order chi connectivity index (χ0) is 21.8. The molecular weight excluding hydrogens is 392 g/mol. The summed E-state index contributed by atoms with van der Waals surface area (Å²) in [6.07, 6.45) is 2.57. The Morgan fingerprint density at radius 3 is 2.40 bits per heavy atom. The van der Waals surface area contributed by atoms with Crippen LogP contribution in [-0.2, 0) is 21.9 Å². The number of carbonyl (C=O) groups excluding carboxylic acids is 2. The molecule has 2 amide bonds. The molecule has 2 aromatic carbocycles. The fourth-order valence-electron chi connectivity index (χ4n) is 3.31. The predicted molar refractivity (Wildman–Crippen MR) is 126 cm³/mol. The summed E-state index contributed by atoms with van der Waals surface area (Å²) >= 11 is 1.60. The summed E-state index contributed by atoms with van der Waals surface area (Å²) in [5.41, 5.74) is 3.41. The average molecular weight is 427 g/mol. The van der Waals surface area contributed by atoms with Crippen LogP contribution in [0, 0.1) is 6.92 Å². The summed E-state index contributed by atoms with van der Waals surface area (Å²) in [5, 5.41) is 3.01. The number of benzene rings is 2. The number of aryl methyl sites for hydroxylation is 1. The van der Waals surface area contributed by atoms with E-state index in [1.54, 1.807) is 16.7 Å². The number of unbranched alkanes of at least 4 members (excludes halogenated alkanes) is 1. The number of nitrogens with one attached hydrogen (secondary N) is 1. The van der Waals surface area contributed by atoms with E-state index in [2.05, 4.69) is 24.4 Å². The molecule has 162 valence electrons. The van der Waals surface area contributed by atoms with Crippen molar-refractivity contribution in [3.05, 3.63) is 71.3 Å². The highest BCUT2D eigenvalue weighted by atomic mass is 32.2. The summed E-state index contributed by atoms with van der Waals surface area (Å²) in [5.74, 6) is 1.10. The van der Waals surface area contributed by atoms with Crippen LogP contribution in [0.3, 0.4) is 0 Å². The standard InChI is InChI=1S/C25H34N2O2S/c1-4-6-16-26-25(29)23(5-2)27(17-22-15-11-10-12-20(22)3)24(28)19-30-18-21-13-8-7-9-14-21/h7-15,23H,4-6,16-19H2,1-3H3,(H,26,29)/t23-/m1/s1. The van der Waals surface area contributed by atoms with Crippen LogP contribution in [0.2, 0.25) is 0 Å². The normalized spacial score (nSPS) is 11.7. The van der Waals surface area contributed by atoms with E-state index in [-0.39, 0.29) is 11.8 Å². The van der Waals surface area contributed by atoms with Gasteiger partial charge in [-0.05, 0) is 36.5 Å². The zero-order valence-corrected chi connectivity index (χ0v) is 19.2. The van der Waals surface area contributed by atoms with Crippen LogP contribution in [0.25, 0.3) is 0 Å². The molecule has 0 saturated heterocycles. The largest absolute Gasteiger partial charge is 0.354 e. The van der Waals surface area contributed by atoms with E-state index in [1.807, 2.05) is 56.3 Å². The lowest BCUT2D eigenvalue weighted by atomic mass is 10.1. The molecule has 0 fully saturated rings. The predicted octanol–water partition coefficient (Wildman–Crippen LogP) is 4.95. The zero-order valence-electron chi connectivity index (χ0n) is 18.4. The number of hydrogen-bond acceptors (Lipinski definition) is 3. The van der Waals surface area contributed by atoms with Crippen LogP contribution in [0.4, 0.5) is 0 Å². The molecule has 1 atom stereocenters. The quantitative estimate of drug-likeness (QED) is 0.489. The van der Waals surface area contributed by atoms with Crippen LogP contribution < -0.4 is 5.32 Å². The van der Waals surface area contributed by atoms with Gasteiger partial charge in [0.25, 0.3) is 0 Å². The van der Waals surface area contributed by atoms with Crippen LogP contribution >= 0.6 is 11.8 Å². The lowest BCUT2D eigenvalue weighted by Gasteiger charge is -2.31. The molecule has 0 saturated carbocycles. The van der Waals surface area contributed by atoms with Gasteiger partial charge in [0.15, 0.2) is 0 Å². The van der Waals surface area contributed by atoms with Gasteiger partial charge in [-0.1, -0.05) is 74.9 Å². The molecule has 0 spiro atoms. The molecule has 0 aromatic heterocycles. The maximum atomic E-state index is 13.2. The van der Waals surface area contributed by atoms with Crippen molar-refractivity contribution >= 4 is 23.6 Å². The Labute approximate surface area is 185 Å². The monoisotopic (exact) mass is 426 g/mol. The second kappa shape index (κ2) is 13.1. The highest BCUT2D eigenvalue weighted by Crippen LogP contribution is 2.18. The molecule has 0 heterocycles. The van der Waals surface area contributed by atoms with Gasteiger partial charge in [-0.15, -0.1) is 11.8 Å². The third-order valence-corrected chi connectivity index (χ3v) is 6.14. The molecular formula is C25H34N2O2S. The number of carbonyl (C=O) groups is 2. The van der Waals surface area contributed by atoms with Crippen molar-refractivity contribution in [1.29, 1.82) is 0 Å². The smallest absolute Gasteiger partial charge is 0.242 e. The maximum Gasteiger partial charge on any atom is 0.242 e. The molecule has 0 radical (unpaired) electrons. The van der Waals surface area contributed by atoms with E-state index < -0.39 is 6.04 Å². The second-order valence-electron chi connectivity index (χ2n) is 7.50. The highest BCUT2D eigenvalue weighted by molar-refractivity contribution is 7.99. The summed E-state index contributed by atoms with van der Waals surface area (Å²) in [7, 11) is 0. The van der Waals surface area contributed by atoms with Gasteiger partial charge < -0.3 is 10.2 Å². The third kappa shape index (κ3) is 7.52. The van der Waals surface area contributed by atoms with Crippen molar-refractivity contribution in [2.45, 2.75) is 58.4 Å². The number of thioether (sulfide) groups is 1. The lowest BCUT2D eigenvalue weighted by Crippen LogP contribution is -2.49. The van der Waals surface area contributed by atoms with Gasteiger partial charge in [-0.3, -0.25) is 9.59 Å². The molecule has 30 heavy (non-hydrogen) atoms. The van der Waals surface area contributed by atoms with Crippen LogP contribution in [0.15, 0.2) is 54.6 Å². The van der Waals surface area contributed by atoms with Crippen LogP contribution in [-0.4, -0.2) is 35.1 Å². The lowest BCUT2D eigenvalue weighted by molar-refractivity contribution is -0.139. The van der Waals surface area contributed by atoms with Gasteiger partial charge in [-0.25, -0.2) is 0 Å². The Balaban J connectivity index is 2.11. The van der Waals surface area contributed by atoms with Gasteiger partial charge in [0.05, 0.1) is 5.75 Å². The number of amides is 2. The molecule has 5 heteroatoms. The summed E-state index contributed by atoms with van der Waals surface area (Å²) in [6.45, 7) is 7.23. The molecule has 4 nitrogen and oxygen atoms in total. The Morgan fingerprint density at radius 2 is 1.73 bits per heavy atom. The molecule has 0 aliphatic rings. The van der Waals surface area contributed by atoms with E-state index in [9.17, 15) is 9.59 Å². The average Bonchev–Trinajstić information content (AvgIpc) is 2.75. The van der Waals surface area contributed by atoms with Crippen molar-refractivity contribution < 1.29 is 9.59 Å². The Morgan fingerprint density at radius 1 is 1.03 bits per heavy atom. The van der Waals surface area contributed by atoms with E-state index in [1.165, 1.54) is 5.56 Å². The van der Waals surface area contributed by atoms with Gasteiger partial charge in [-0.2, -0.15) is 0 Å². The van der Waals surface area contributed by atoms with Crippen molar-refractivity contribution in [2.24, 2.45) is 0 Å². The van der Waals surface area contributed by atoms with Crippen molar-refractivity contribution in [3.63, 3.8) is 0 Å². The minimum Gasteiger partial charge on any atom is -0.354 e. The molecule has 2 aromatic rings. The van der Waals surface area contributed by atoms with Gasteiger partial charge in [0, 0.05) is 18.8 Å². The fourth-order valence-corrected chi connectivity index (χ4v) is 4.18. The Bertz CT molecular complexity index is 795. The number of rotatable bonds is 12. The van der Waals surface area contributed by atoms with E-state index in [0.29, 0.717) is 25.3 Å². The third-order valence-electron chi connectivity index (χ3n) is 5.15. The minimum atomic E-state index is -0.453. The van der Waals surface area contributed by atoms with E-state index >= 15 is 0 Å². The van der Waals surface area contributed by atoms with Crippen LogP contribution in [0.5, 0.6) is 0 Å². The SMILES string of the molecule is CCCCNC(=O)[C@@H](CC)N(Cc1ccccc1C)C(=O)CSCc1ccccc1. The summed E-state index contributed by atoms with van der Waals surface area (Å²) < 4.78 is 0. The van der Waals surface area contributed by atoms with Gasteiger partial charge in [0.2, 0.25) is 11.8 Å². The topological polar surface area (TPSA) is 49.4 Å².